The molecule has 0 saturated heterocycles. The largest absolute Gasteiger partial charge is 0.325 e. The second-order valence-electron chi connectivity index (χ2n) is 4.53. The van der Waals surface area contributed by atoms with Crippen LogP contribution in [-0.4, -0.2) is 10.9 Å². The highest BCUT2D eigenvalue weighted by atomic mass is 32.1. The van der Waals surface area contributed by atoms with Crippen molar-refractivity contribution in [2.24, 2.45) is 0 Å². The molecule has 1 amide bonds. The first-order valence-electron chi connectivity index (χ1n) is 6.08. The van der Waals surface area contributed by atoms with Gasteiger partial charge in [0, 0.05) is 5.69 Å². The van der Waals surface area contributed by atoms with Crippen molar-refractivity contribution in [1.82, 2.24) is 4.98 Å². The molecular weight excluding hydrogens is 256 g/mol. The van der Waals surface area contributed by atoms with E-state index in [1.807, 2.05) is 48.5 Å². The zero-order valence-electron chi connectivity index (χ0n) is 9.96. The van der Waals surface area contributed by atoms with Crippen LogP contribution in [0.1, 0.15) is 16.5 Å². The fourth-order valence-electron chi connectivity index (χ4n) is 2.47. The van der Waals surface area contributed by atoms with Crippen molar-refractivity contribution in [3.8, 4) is 0 Å². The molecule has 2 heterocycles. The molecule has 19 heavy (non-hydrogen) atoms. The lowest BCUT2D eigenvalue weighted by molar-refractivity contribution is -0.116. The number of hydrogen-bond acceptors (Lipinski definition) is 3. The summed E-state index contributed by atoms with van der Waals surface area (Å²) in [5, 5.41) is 3.78. The van der Waals surface area contributed by atoms with E-state index in [1.54, 1.807) is 11.3 Å². The Labute approximate surface area is 113 Å². The summed E-state index contributed by atoms with van der Waals surface area (Å²) in [5.41, 5.74) is 2.88. The summed E-state index contributed by atoms with van der Waals surface area (Å²) in [6, 6.07) is 15.8. The summed E-state index contributed by atoms with van der Waals surface area (Å²) in [4.78, 5) is 16.8. The van der Waals surface area contributed by atoms with Crippen molar-refractivity contribution in [2.45, 2.75) is 5.92 Å². The van der Waals surface area contributed by atoms with Gasteiger partial charge in [-0.15, -0.1) is 11.3 Å². The Morgan fingerprint density at radius 3 is 2.74 bits per heavy atom. The first-order chi connectivity index (χ1) is 9.33. The fraction of sp³-hybridized carbons (Fsp3) is 0.0667. The number of amides is 1. The molecule has 1 atom stereocenters. The minimum atomic E-state index is -0.270. The van der Waals surface area contributed by atoms with E-state index in [9.17, 15) is 4.79 Å². The van der Waals surface area contributed by atoms with Gasteiger partial charge in [-0.05, 0) is 23.8 Å². The Morgan fingerprint density at radius 1 is 1.05 bits per heavy atom. The summed E-state index contributed by atoms with van der Waals surface area (Å²) in [6.45, 7) is 0. The van der Waals surface area contributed by atoms with Gasteiger partial charge in [0.05, 0.1) is 10.2 Å². The molecule has 1 aliphatic rings. The second kappa shape index (κ2) is 3.90. The van der Waals surface area contributed by atoms with Crippen LogP contribution >= 0.6 is 11.3 Å². The highest BCUT2D eigenvalue weighted by Crippen LogP contribution is 2.39. The molecule has 3 nitrogen and oxygen atoms in total. The molecule has 4 rings (SSSR count). The summed E-state index contributed by atoms with van der Waals surface area (Å²) in [6.07, 6.45) is 0. The molecular formula is C15H10N2OS. The number of thiazole rings is 1. The number of benzene rings is 2. The third kappa shape index (κ3) is 1.57. The molecule has 4 heteroatoms. The summed E-state index contributed by atoms with van der Waals surface area (Å²) < 4.78 is 1.12. The standard InChI is InChI=1S/C15H10N2OS/c18-14-13(9-5-1-2-6-10(9)16-14)15-17-11-7-3-4-8-12(11)19-15/h1-8,13H,(H,16,18). The average molecular weight is 266 g/mol. The minimum Gasteiger partial charge on any atom is -0.325 e. The molecule has 0 spiro atoms. The van der Waals surface area contributed by atoms with Gasteiger partial charge in [-0.1, -0.05) is 30.3 Å². The quantitative estimate of drug-likeness (QED) is 0.733. The van der Waals surface area contributed by atoms with Gasteiger partial charge < -0.3 is 5.32 Å². The van der Waals surface area contributed by atoms with E-state index in [1.165, 1.54) is 0 Å². The van der Waals surface area contributed by atoms with Crippen LogP contribution in [0.15, 0.2) is 48.5 Å². The van der Waals surface area contributed by atoms with E-state index in [4.69, 9.17) is 0 Å². The van der Waals surface area contributed by atoms with E-state index in [0.29, 0.717) is 0 Å². The lowest BCUT2D eigenvalue weighted by atomic mass is 10.0. The molecule has 1 N–H and O–H groups in total. The first-order valence-corrected chi connectivity index (χ1v) is 6.90. The molecule has 0 radical (unpaired) electrons. The monoisotopic (exact) mass is 266 g/mol. The van der Waals surface area contributed by atoms with Crippen molar-refractivity contribution in [3.05, 3.63) is 59.1 Å². The molecule has 1 unspecified atom stereocenters. The summed E-state index contributed by atoms with van der Waals surface area (Å²) >= 11 is 1.59. The van der Waals surface area contributed by atoms with Crippen LogP contribution in [-0.2, 0) is 4.79 Å². The summed E-state index contributed by atoms with van der Waals surface area (Å²) in [5.74, 6) is -0.256. The first kappa shape index (κ1) is 10.7. The fourth-order valence-corrected chi connectivity index (χ4v) is 3.55. The Hall–Kier alpha value is -2.20. The van der Waals surface area contributed by atoms with Crippen LogP contribution in [0.4, 0.5) is 5.69 Å². The van der Waals surface area contributed by atoms with Gasteiger partial charge in [0.15, 0.2) is 0 Å². The van der Waals surface area contributed by atoms with E-state index in [2.05, 4.69) is 10.3 Å². The number of rotatable bonds is 1. The molecule has 0 fully saturated rings. The molecule has 0 bridgehead atoms. The van der Waals surface area contributed by atoms with Crippen molar-refractivity contribution < 1.29 is 4.79 Å². The average Bonchev–Trinajstić information content (AvgIpc) is 2.97. The Balaban J connectivity index is 1.90. The summed E-state index contributed by atoms with van der Waals surface area (Å²) in [7, 11) is 0. The number of aromatic nitrogens is 1. The third-order valence-corrected chi connectivity index (χ3v) is 4.45. The van der Waals surface area contributed by atoms with Gasteiger partial charge >= 0.3 is 0 Å². The Kier molecular flexibility index (Phi) is 2.19. The molecule has 2 aromatic carbocycles. The van der Waals surface area contributed by atoms with Crippen molar-refractivity contribution in [1.29, 1.82) is 0 Å². The smallest absolute Gasteiger partial charge is 0.238 e. The second-order valence-corrected chi connectivity index (χ2v) is 5.59. The van der Waals surface area contributed by atoms with Crippen LogP contribution in [0.5, 0.6) is 0 Å². The zero-order valence-corrected chi connectivity index (χ0v) is 10.8. The number of carbonyl (C=O) groups excluding carboxylic acids is 1. The Bertz CT molecular complexity index is 760. The van der Waals surface area contributed by atoms with Gasteiger partial charge in [0.1, 0.15) is 10.9 Å². The molecule has 1 aromatic heterocycles. The van der Waals surface area contributed by atoms with E-state index in [-0.39, 0.29) is 11.8 Å². The van der Waals surface area contributed by atoms with Crippen LogP contribution in [0.25, 0.3) is 10.2 Å². The number of carbonyl (C=O) groups is 1. The third-order valence-electron chi connectivity index (χ3n) is 3.35. The van der Waals surface area contributed by atoms with Crippen molar-refractivity contribution in [3.63, 3.8) is 0 Å². The van der Waals surface area contributed by atoms with Crippen LogP contribution in [0.3, 0.4) is 0 Å². The SMILES string of the molecule is O=C1Nc2ccccc2C1c1nc2ccccc2s1. The Morgan fingerprint density at radius 2 is 1.84 bits per heavy atom. The highest BCUT2D eigenvalue weighted by Gasteiger charge is 2.33. The van der Waals surface area contributed by atoms with E-state index in [0.717, 1.165) is 26.5 Å². The van der Waals surface area contributed by atoms with Crippen LogP contribution in [0, 0.1) is 0 Å². The normalized spacial score (nSPS) is 17.5. The van der Waals surface area contributed by atoms with Crippen molar-refractivity contribution in [2.75, 3.05) is 5.32 Å². The van der Waals surface area contributed by atoms with Crippen molar-refractivity contribution >= 4 is 33.1 Å². The van der Waals surface area contributed by atoms with Gasteiger partial charge in [-0.2, -0.15) is 0 Å². The lowest BCUT2D eigenvalue weighted by Gasteiger charge is -2.03. The van der Waals surface area contributed by atoms with Gasteiger partial charge in [-0.3, -0.25) is 4.79 Å². The van der Waals surface area contributed by atoms with E-state index >= 15 is 0 Å². The van der Waals surface area contributed by atoms with Crippen LogP contribution in [0.2, 0.25) is 0 Å². The number of para-hydroxylation sites is 2. The maximum Gasteiger partial charge on any atom is 0.238 e. The lowest BCUT2D eigenvalue weighted by Crippen LogP contribution is -2.12. The molecule has 1 aliphatic heterocycles. The number of nitrogens with zero attached hydrogens (tertiary/aromatic N) is 1. The highest BCUT2D eigenvalue weighted by molar-refractivity contribution is 7.18. The van der Waals surface area contributed by atoms with Crippen LogP contribution < -0.4 is 5.32 Å². The predicted octanol–water partition coefficient (Wildman–Crippen LogP) is 3.38. The predicted molar refractivity (Wildman–Crippen MR) is 76.5 cm³/mol. The minimum absolute atomic E-state index is 0.0141. The molecule has 3 aromatic rings. The van der Waals surface area contributed by atoms with E-state index < -0.39 is 0 Å². The van der Waals surface area contributed by atoms with Gasteiger partial charge in [0.25, 0.3) is 0 Å². The maximum absolute atomic E-state index is 12.2. The van der Waals surface area contributed by atoms with Gasteiger partial charge in [0.2, 0.25) is 5.91 Å². The maximum atomic E-state index is 12.2. The molecule has 92 valence electrons. The number of nitrogens with one attached hydrogen (secondary N) is 1. The zero-order chi connectivity index (χ0) is 12.8. The number of anilines is 1. The number of fused-ring (bicyclic) bond motifs is 2. The molecule has 0 aliphatic carbocycles. The molecule has 0 saturated carbocycles. The van der Waals surface area contributed by atoms with Gasteiger partial charge in [-0.25, -0.2) is 4.98 Å². The topological polar surface area (TPSA) is 42.0 Å². The number of hydrogen-bond donors (Lipinski definition) is 1.